The highest BCUT2D eigenvalue weighted by molar-refractivity contribution is 5.88. The normalized spacial score (nSPS) is 25.9. The number of carbonyl (C=O) groups excluding carboxylic acids is 1. The van der Waals surface area contributed by atoms with Gasteiger partial charge in [-0.15, -0.1) is 0 Å². The number of nitrogens with one attached hydrogen (secondary N) is 3. The number of fused-ring (bicyclic) bond motifs is 2. The lowest BCUT2D eigenvalue weighted by Gasteiger charge is -2.51. The minimum atomic E-state index is -0.746. The van der Waals surface area contributed by atoms with E-state index in [-0.39, 0.29) is 12.5 Å². The van der Waals surface area contributed by atoms with Gasteiger partial charge in [0.05, 0.1) is 12.2 Å². The van der Waals surface area contributed by atoms with Crippen molar-refractivity contribution >= 4 is 17.7 Å². The lowest BCUT2D eigenvalue weighted by Crippen LogP contribution is -2.55. The summed E-state index contributed by atoms with van der Waals surface area (Å²) in [4.78, 5) is 22.5. The first-order valence-electron chi connectivity index (χ1n) is 9.99. The zero-order valence-electron chi connectivity index (χ0n) is 16.0. The van der Waals surface area contributed by atoms with E-state index in [1.807, 2.05) is 30.3 Å². The molecule has 7 heteroatoms. The molecule has 0 aromatic heterocycles. The van der Waals surface area contributed by atoms with Crippen molar-refractivity contribution in [2.75, 3.05) is 11.9 Å². The average Bonchev–Trinajstić information content (AvgIpc) is 2.65. The molecule has 1 saturated carbocycles. The van der Waals surface area contributed by atoms with Crippen molar-refractivity contribution in [1.82, 2.24) is 10.9 Å². The molecule has 0 radical (unpaired) electrons. The number of hydrogen-bond donors (Lipinski definition) is 4. The first kappa shape index (κ1) is 20.4. The van der Waals surface area contributed by atoms with Gasteiger partial charge in [0.1, 0.15) is 0 Å². The molecule has 152 valence electrons. The number of ether oxygens (including phenoxy) is 1. The maximum Gasteiger partial charge on any atom is 0.333 e. The summed E-state index contributed by atoms with van der Waals surface area (Å²) in [6.45, 7) is 0.704. The summed E-state index contributed by atoms with van der Waals surface area (Å²) in [5.74, 6) is 0.120. The molecule has 1 aliphatic carbocycles. The van der Waals surface area contributed by atoms with E-state index >= 15 is 0 Å². The molecule has 3 fully saturated rings. The number of benzene rings is 1. The predicted molar refractivity (Wildman–Crippen MR) is 107 cm³/mol. The maximum atomic E-state index is 12.0. The van der Waals surface area contributed by atoms with Crippen LogP contribution in [0.4, 0.5) is 10.5 Å². The summed E-state index contributed by atoms with van der Waals surface area (Å²) in [5.41, 5.74) is 6.52. The van der Waals surface area contributed by atoms with Gasteiger partial charge >= 0.3 is 12.0 Å². The first-order valence-corrected chi connectivity index (χ1v) is 9.99. The van der Waals surface area contributed by atoms with Crippen molar-refractivity contribution in [3.05, 3.63) is 42.5 Å². The molecule has 1 aromatic rings. The van der Waals surface area contributed by atoms with Crippen LogP contribution in [0.2, 0.25) is 0 Å². The van der Waals surface area contributed by atoms with Gasteiger partial charge in [-0.3, -0.25) is 10.2 Å². The van der Waals surface area contributed by atoms with Crippen LogP contribution in [0, 0.1) is 11.8 Å². The highest BCUT2D eigenvalue weighted by Crippen LogP contribution is 2.44. The molecule has 4 rings (SSSR count). The second kappa shape index (κ2) is 10.2. The summed E-state index contributed by atoms with van der Waals surface area (Å²) in [5, 5.41) is 11.5. The Hall–Kier alpha value is -2.38. The van der Waals surface area contributed by atoms with Crippen LogP contribution in [0.3, 0.4) is 0 Å². The molecule has 4 N–H and O–H groups in total. The number of carboxylic acid groups (broad SMARTS) is 1. The third-order valence-electron chi connectivity index (χ3n) is 5.45. The number of anilines is 1. The molecule has 28 heavy (non-hydrogen) atoms. The van der Waals surface area contributed by atoms with Gasteiger partial charge in [-0.05, 0) is 49.7 Å². The Bertz CT molecular complexity index is 673. The number of amides is 2. The van der Waals surface area contributed by atoms with E-state index in [0.29, 0.717) is 37.0 Å². The Morgan fingerprint density at radius 2 is 1.96 bits per heavy atom. The Labute approximate surface area is 165 Å². The van der Waals surface area contributed by atoms with Gasteiger partial charge in [0.25, 0.3) is 0 Å². The van der Waals surface area contributed by atoms with E-state index < -0.39 is 5.97 Å². The molecule has 4 atom stereocenters. The third kappa shape index (κ3) is 6.07. The Morgan fingerprint density at radius 1 is 1.18 bits per heavy atom. The largest absolute Gasteiger partial charge is 0.481 e. The number of hydrazine groups is 1. The van der Waals surface area contributed by atoms with Crippen molar-refractivity contribution in [2.24, 2.45) is 11.8 Å². The minimum absolute atomic E-state index is 0.213. The molecule has 2 saturated heterocycles. The van der Waals surface area contributed by atoms with Crippen molar-refractivity contribution in [3.8, 4) is 0 Å². The fourth-order valence-corrected chi connectivity index (χ4v) is 4.01. The highest BCUT2D eigenvalue weighted by atomic mass is 16.5. The van der Waals surface area contributed by atoms with Gasteiger partial charge < -0.3 is 15.2 Å². The van der Waals surface area contributed by atoms with Crippen LogP contribution in [-0.2, 0) is 9.53 Å². The van der Waals surface area contributed by atoms with Crippen LogP contribution < -0.4 is 16.2 Å². The average molecular weight is 387 g/mol. The Balaban J connectivity index is 1.38. The highest BCUT2D eigenvalue weighted by Gasteiger charge is 2.46. The topological polar surface area (TPSA) is 99.7 Å². The van der Waals surface area contributed by atoms with Crippen LogP contribution in [0.25, 0.3) is 0 Å². The van der Waals surface area contributed by atoms with Crippen molar-refractivity contribution in [3.63, 3.8) is 0 Å². The van der Waals surface area contributed by atoms with Gasteiger partial charge in [0.15, 0.2) is 0 Å². The molecule has 2 amide bonds. The van der Waals surface area contributed by atoms with Gasteiger partial charge in [-0.25, -0.2) is 10.2 Å². The summed E-state index contributed by atoms with van der Waals surface area (Å²) in [6.07, 6.45) is 9.59. The zero-order chi connectivity index (χ0) is 19.8. The van der Waals surface area contributed by atoms with Gasteiger partial charge in [0, 0.05) is 25.1 Å². The summed E-state index contributed by atoms with van der Waals surface area (Å²) in [7, 11) is 0. The van der Waals surface area contributed by atoms with E-state index in [9.17, 15) is 9.59 Å². The number of carboxylic acids is 1. The summed E-state index contributed by atoms with van der Waals surface area (Å²) in [6, 6.07) is 9.04. The quantitative estimate of drug-likeness (QED) is 0.280. The summed E-state index contributed by atoms with van der Waals surface area (Å²) < 4.78 is 5.89. The van der Waals surface area contributed by atoms with Gasteiger partial charge in [0.2, 0.25) is 0 Å². The number of hydrogen-bond acceptors (Lipinski definition) is 4. The van der Waals surface area contributed by atoms with Crippen molar-refractivity contribution in [2.45, 2.75) is 50.7 Å². The minimum Gasteiger partial charge on any atom is -0.481 e. The fourth-order valence-electron chi connectivity index (χ4n) is 4.01. The number of carbonyl (C=O) groups is 2. The monoisotopic (exact) mass is 387 g/mol. The van der Waals surface area contributed by atoms with Crippen molar-refractivity contribution in [1.29, 1.82) is 0 Å². The number of aliphatic carboxylic acids is 1. The first-order chi connectivity index (χ1) is 13.6. The molecule has 7 nitrogen and oxygen atoms in total. The van der Waals surface area contributed by atoms with E-state index in [2.05, 4.69) is 28.3 Å². The van der Waals surface area contributed by atoms with E-state index in [4.69, 9.17) is 9.84 Å². The number of rotatable bonds is 10. The smallest absolute Gasteiger partial charge is 0.333 e. The lowest BCUT2D eigenvalue weighted by molar-refractivity contribution is -0.204. The maximum absolute atomic E-state index is 12.0. The fraction of sp³-hybridized carbons (Fsp3) is 0.524. The Kier molecular flexibility index (Phi) is 7.45. The number of urea groups is 1. The summed E-state index contributed by atoms with van der Waals surface area (Å²) >= 11 is 0. The molecule has 0 spiro atoms. The van der Waals surface area contributed by atoms with E-state index in [1.54, 1.807) is 0 Å². The van der Waals surface area contributed by atoms with Crippen molar-refractivity contribution < 1.29 is 19.4 Å². The third-order valence-corrected chi connectivity index (χ3v) is 5.45. The van der Waals surface area contributed by atoms with E-state index in [0.717, 1.165) is 31.4 Å². The van der Waals surface area contributed by atoms with Crippen LogP contribution in [-0.4, -0.2) is 35.9 Å². The van der Waals surface area contributed by atoms with E-state index in [1.165, 1.54) is 0 Å². The predicted octanol–water partition coefficient (Wildman–Crippen LogP) is 3.31. The van der Waals surface area contributed by atoms with Crippen LogP contribution in [0.5, 0.6) is 0 Å². The molecular formula is C21H29N3O4. The van der Waals surface area contributed by atoms with Gasteiger partial charge in [-0.2, -0.15) is 0 Å². The lowest BCUT2D eigenvalue weighted by atomic mass is 9.70. The molecular weight excluding hydrogens is 358 g/mol. The Morgan fingerprint density at radius 3 is 2.71 bits per heavy atom. The standard InChI is InChI=1S/C21H29N3O4/c25-20(26)11-7-2-1-6-10-18-15(12-17-13-19(18)28-17)14-22-24-21(27)23-16-8-4-3-5-9-16/h1,3-6,8-9,15,17-19,22H,2,7,10-14H2,(H,25,26)(H2,23,24,27)/b6-1+. The van der Waals surface area contributed by atoms with Crippen LogP contribution in [0.15, 0.2) is 42.5 Å². The van der Waals surface area contributed by atoms with Crippen LogP contribution in [0.1, 0.15) is 38.5 Å². The second-order valence-corrected chi connectivity index (χ2v) is 7.51. The number of para-hydroxylation sites is 1. The number of allylic oxidation sites excluding steroid dienone is 2. The molecule has 2 aliphatic heterocycles. The van der Waals surface area contributed by atoms with Crippen LogP contribution >= 0.6 is 0 Å². The SMILES string of the molecule is O=C(O)CCC/C=C/CC1C(CNNC(=O)Nc2ccccc2)CC2CC1O2. The number of unbranched alkanes of at least 4 members (excludes halogenated alkanes) is 1. The molecule has 1 aromatic carbocycles. The second-order valence-electron chi connectivity index (χ2n) is 7.51. The van der Waals surface area contributed by atoms with Gasteiger partial charge in [-0.1, -0.05) is 30.4 Å². The molecule has 3 aliphatic rings. The zero-order valence-corrected chi connectivity index (χ0v) is 16.0. The molecule has 2 bridgehead atoms. The molecule has 2 heterocycles. The molecule has 4 unspecified atom stereocenters.